The van der Waals surface area contributed by atoms with E-state index in [-0.39, 0.29) is 18.1 Å². The fraction of sp³-hybridized carbons (Fsp3) is 0.842. The first-order chi connectivity index (χ1) is 12.4. The van der Waals surface area contributed by atoms with E-state index in [1.807, 2.05) is 20.8 Å². The summed E-state index contributed by atoms with van der Waals surface area (Å²) < 4.78 is 10.9. The smallest absolute Gasteiger partial charge is 0.187 e. The van der Waals surface area contributed by atoms with Crippen LogP contribution in [0.4, 0.5) is 0 Å². The lowest BCUT2D eigenvalue weighted by Crippen LogP contribution is -2.59. The van der Waals surface area contributed by atoms with Crippen LogP contribution in [0.25, 0.3) is 0 Å². The molecule has 1 heterocycles. The van der Waals surface area contributed by atoms with Gasteiger partial charge < -0.3 is 35.0 Å². The summed E-state index contributed by atoms with van der Waals surface area (Å²) in [4.78, 5) is 11.9. The van der Waals surface area contributed by atoms with E-state index in [0.29, 0.717) is 6.42 Å². The van der Waals surface area contributed by atoms with Gasteiger partial charge in [0.2, 0.25) is 0 Å². The molecule has 5 N–H and O–H groups in total. The van der Waals surface area contributed by atoms with Crippen LogP contribution in [-0.2, 0) is 14.3 Å². The molecule has 1 aliphatic carbocycles. The van der Waals surface area contributed by atoms with Crippen LogP contribution in [0, 0.1) is 11.3 Å². The van der Waals surface area contributed by atoms with Crippen LogP contribution in [0.2, 0.25) is 0 Å². The molecule has 156 valence electrons. The van der Waals surface area contributed by atoms with Crippen molar-refractivity contribution in [3.8, 4) is 0 Å². The molecule has 0 radical (unpaired) electrons. The summed E-state index contributed by atoms with van der Waals surface area (Å²) in [5.74, 6) is -0.138. The molecule has 27 heavy (non-hydrogen) atoms. The molecule has 0 spiro atoms. The number of aliphatic hydroxyl groups excluding tert-OH is 4. The third kappa shape index (κ3) is 4.42. The average molecular weight is 388 g/mol. The van der Waals surface area contributed by atoms with Gasteiger partial charge in [0.1, 0.15) is 30.2 Å². The fourth-order valence-electron chi connectivity index (χ4n) is 3.98. The summed E-state index contributed by atoms with van der Waals surface area (Å²) in [5.41, 5.74) is -1.84. The highest BCUT2D eigenvalue weighted by Crippen LogP contribution is 2.46. The van der Waals surface area contributed by atoms with E-state index in [9.17, 15) is 30.3 Å². The molecule has 2 aliphatic rings. The molecule has 0 aromatic heterocycles. The number of aliphatic hydroxyl groups is 5. The van der Waals surface area contributed by atoms with Gasteiger partial charge in [-0.2, -0.15) is 0 Å². The number of ether oxygens (including phenoxy) is 2. The van der Waals surface area contributed by atoms with E-state index in [1.54, 1.807) is 19.1 Å². The van der Waals surface area contributed by atoms with Gasteiger partial charge in [-0.1, -0.05) is 32.9 Å². The Kier molecular flexibility index (Phi) is 6.85. The van der Waals surface area contributed by atoms with E-state index < -0.39 is 54.4 Å². The van der Waals surface area contributed by atoms with Gasteiger partial charge >= 0.3 is 0 Å². The number of hydrogen-bond acceptors (Lipinski definition) is 8. The Labute approximate surface area is 159 Å². The number of rotatable bonds is 5. The minimum atomic E-state index is -1.51. The standard InChI is InChI=1S/C19H32O8/c1-10-7-12(21)8-18(3,4)19(10,25)6-5-11(2)26-17-16(24)15(23)14(22)13(9-20)27-17/h5-6,10-11,13-17,20,22-25H,7-9H2,1-4H3/b6-5+/t10?,11-,13-,14-,15+,16-,17-,19-/m1/s1. The molecular formula is C19H32O8. The summed E-state index contributed by atoms with van der Waals surface area (Å²) in [6.07, 6.45) is -3.51. The third-order valence-corrected chi connectivity index (χ3v) is 5.83. The van der Waals surface area contributed by atoms with Crippen LogP contribution in [0.3, 0.4) is 0 Å². The van der Waals surface area contributed by atoms with Crippen molar-refractivity contribution >= 4 is 5.78 Å². The Balaban J connectivity index is 2.08. The van der Waals surface area contributed by atoms with Gasteiger partial charge in [-0.25, -0.2) is 0 Å². The Morgan fingerprint density at radius 3 is 2.44 bits per heavy atom. The monoisotopic (exact) mass is 388 g/mol. The summed E-state index contributed by atoms with van der Waals surface area (Å²) in [6.45, 7) is 6.65. The van der Waals surface area contributed by atoms with Gasteiger partial charge in [0.15, 0.2) is 6.29 Å². The topological polar surface area (TPSA) is 137 Å². The molecule has 8 nitrogen and oxygen atoms in total. The van der Waals surface area contributed by atoms with E-state index in [0.717, 1.165) is 0 Å². The zero-order valence-electron chi connectivity index (χ0n) is 16.3. The van der Waals surface area contributed by atoms with Crippen molar-refractivity contribution in [1.29, 1.82) is 0 Å². The van der Waals surface area contributed by atoms with Crippen LogP contribution in [0.1, 0.15) is 40.5 Å². The minimum absolute atomic E-state index is 0.121. The number of ketones is 1. The number of hydrogen-bond donors (Lipinski definition) is 5. The first-order valence-electron chi connectivity index (χ1n) is 9.32. The summed E-state index contributed by atoms with van der Waals surface area (Å²) in [7, 11) is 0. The Morgan fingerprint density at radius 1 is 1.26 bits per heavy atom. The van der Waals surface area contributed by atoms with Crippen LogP contribution >= 0.6 is 0 Å². The lowest BCUT2D eigenvalue weighted by atomic mass is 9.60. The average Bonchev–Trinajstić information content (AvgIpc) is 2.58. The molecule has 2 fully saturated rings. The maximum atomic E-state index is 11.9. The number of carbonyl (C=O) groups excluding carboxylic acids is 1. The molecule has 1 saturated heterocycles. The first kappa shape index (κ1) is 22.4. The molecular weight excluding hydrogens is 356 g/mol. The van der Waals surface area contributed by atoms with Crippen LogP contribution in [0.15, 0.2) is 12.2 Å². The SMILES string of the molecule is CC1CC(=O)CC(C)(C)[C@@]1(O)/C=C/[C@@H](C)O[C@@H]1O[C@H](CO)[C@@H](O)[C@H](O)[C@H]1O. The van der Waals surface area contributed by atoms with E-state index in [4.69, 9.17) is 9.47 Å². The lowest BCUT2D eigenvalue weighted by Gasteiger charge is -2.48. The molecule has 0 amide bonds. The largest absolute Gasteiger partial charge is 0.394 e. The van der Waals surface area contributed by atoms with Crippen molar-refractivity contribution in [3.05, 3.63) is 12.2 Å². The summed E-state index contributed by atoms with van der Waals surface area (Å²) in [6, 6.07) is 0. The van der Waals surface area contributed by atoms with Crippen LogP contribution < -0.4 is 0 Å². The van der Waals surface area contributed by atoms with E-state index >= 15 is 0 Å². The van der Waals surface area contributed by atoms with Gasteiger partial charge in [-0.05, 0) is 12.8 Å². The van der Waals surface area contributed by atoms with Gasteiger partial charge in [0.05, 0.1) is 18.3 Å². The first-order valence-corrected chi connectivity index (χ1v) is 9.32. The molecule has 8 heteroatoms. The molecule has 0 aromatic carbocycles. The number of carbonyl (C=O) groups is 1. The summed E-state index contributed by atoms with van der Waals surface area (Å²) >= 11 is 0. The minimum Gasteiger partial charge on any atom is -0.394 e. The molecule has 0 bridgehead atoms. The molecule has 1 saturated carbocycles. The van der Waals surface area contributed by atoms with Gasteiger partial charge in [0, 0.05) is 18.3 Å². The van der Waals surface area contributed by atoms with E-state index in [1.165, 1.54) is 0 Å². The maximum absolute atomic E-state index is 11.9. The Bertz CT molecular complexity index is 560. The second-order valence-corrected chi connectivity index (χ2v) is 8.43. The molecule has 0 aromatic rings. The lowest BCUT2D eigenvalue weighted by molar-refractivity contribution is -0.306. The summed E-state index contributed by atoms with van der Waals surface area (Å²) in [5, 5.41) is 50.1. The van der Waals surface area contributed by atoms with Gasteiger partial charge in [0.25, 0.3) is 0 Å². The van der Waals surface area contributed by atoms with Gasteiger partial charge in [-0.15, -0.1) is 0 Å². The zero-order chi connectivity index (χ0) is 20.6. The van der Waals surface area contributed by atoms with Gasteiger partial charge in [-0.3, -0.25) is 4.79 Å². The quantitative estimate of drug-likeness (QED) is 0.398. The highest BCUT2D eigenvalue weighted by molar-refractivity contribution is 5.81. The predicted molar refractivity (Wildman–Crippen MR) is 95.6 cm³/mol. The van der Waals surface area contributed by atoms with Crippen molar-refractivity contribution in [2.24, 2.45) is 11.3 Å². The van der Waals surface area contributed by atoms with E-state index in [2.05, 4.69) is 0 Å². The highest BCUT2D eigenvalue weighted by Gasteiger charge is 2.50. The molecule has 2 rings (SSSR count). The highest BCUT2D eigenvalue weighted by atomic mass is 16.7. The third-order valence-electron chi connectivity index (χ3n) is 5.83. The molecule has 1 unspecified atom stereocenters. The van der Waals surface area contributed by atoms with Crippen molar-refractivity contribution in [2.45, 2.75) is 82.9 Å². The van der Waals surface area contributed by atoms with Crippen molar-refractivity contribution in [2.75, 3.05) is 6.61 Å². The van der Waals surface area contributed by atoms with Crippen molar-refractivity contribution < 1.29 is 39.8 Å². The zero-order valence-corrected chi connectivity index (χ0v) is 16.3. The molecule has 1 aliphatic heterocycles. The predicted octanol–water partition coefficient (Wildman–Crippen LogP) is -0.496. The Morgan fingerprint density at radius 2 is 1.89 bits per heavy atom. The van der Waals surface area contributed by atoms with Crippen LogP contribution in [-0.4, -0.2) is 80.3 Å². The Hall–Kier alpha value is -0.870. The van der Waals surface area contributed by atoms with Crippen molar-refractivity contribution in [3.63, 3.8) is 0 Å². The van der Waals surface area contributed by atoms with Crippen molar-refractivity contribution in [1.82, 2.24) is 0 Å². The second-order valence-electron chi connectivity index (χ2n) is 8.43. The molecule has 8 atom stereocenters. The second kappa shape index (κ2) is 8.24. The van der Waals surface area contributed by atoms with Crippen LogP contribution in [0.5, 0.6) is 0 Å². The fourth-order valence-corrected chi connectivity index (χ4v) is 3.98. The maximum Gasteiger partial charge on any atom is 0.187 e. The number of Topliss-reactive ketones (excluding diaryl/α,β-unsaturated/α-hetero) is 1. The normalized spacial score (nSPS) is 43.8.